The van der Waals surface area contributed by atoms with Crippen LogP contribution in [-0.4, -0.2) is 12.5 Å². The maximum Gasteiger partial charge on any atom is 0.0713 e. The van der Waals surface area contributed by atoms with Crippen LogP contribution in [0.3, 0.4) is 0 Å². The first-order valence-corrected chi connectivity index (χ1v) is 6.43. The molecule has 0 aliphatic carbocycles. The lowest BCUT2D eigenvalue weighted by molar-refractivity contribution is 0.493. The van der Waals surface area contributed by atoms with Gasteiger partial charge >= 0.3 is 0 Å². The van der Waals surface area contributed by atoms with Crippen LogP contribution in [0.4, 0.5) is 0 Å². The van der Waals surface area contributed by atoms with E-state index in [2.05, 4.69) is 61.6 Å². The van der Waals surface area contributed by atoms with Crippen molar-refractivity contribution in [2.45, 2.75) is 19.3 Å². The first-order chi connectivity index (χ1) is 8.15. The molecule has 0 aliphatic rings. The summed E-state index contributed by atoms with van der Waals surface area (Å²) < 4.78 is 0. The molecule has 0 unspecified atom stereocenters. The van der Waals surface area contributed by atoms with Gasteiger partial charge < -0.3 is 5.32 Å². The van der Waals surface area contributed by atoms with E-state index in [0.717, 1.165) is 6.54 Å². The molecule has 1 N–H and O–H groups in total. The van der Waals surface area contributed by atoms with E-state index in [9.17, 15) is 0 Å². The molecule has 17 heavy (non-hydrogen) atoms. The molecule has 90 valence electrons. The number of alkyl halides is 1. The van der Waals surface area contributed by atoms with Crippen molar-refractivity contribution in [3.63, 3.8) is 0 Å². The molecular weight excluding hydrogens is 230 g/mol. The number of hydrogen-bond acceptors (Lipinski definition) is 1. The number of fused-ring (bicyclic) bond motifs is 1. The summed E-state index contributed by atoms with van der Waals surface area (Å²) in [5.74, 6) is 0. The Bertz CT molecular complexity index is 500. The van der Waals surface area contributed by atoms with Gasteiger partial charge in [0.2, 0.25) is 0 Å². The second-order valence-corrected chi connectivity index (χ2v) is 5.24. The predicted molar refractivity (Wildman–Crippen MR) is 75.7 cm³/mol. The van der Waals surface area contributed by atoms with Gasteiger partial charge in [-0.2, -0.15) is 0 Å². The van der Waals surface area contributed by atoms with Gasteiger partial charge in [-0.15, -0.1) is 11.6 Å². The monoisotopic (exact) mass is 247 g/mol. The molecule has 0 radical (unpaired) electrons. The molecule has 2 heteroatoms. The Hall–Kier alpha value is -1.05. The summed E-state index contributed by atoms with van der Waals surface area (Å²) in [4.78, 5) is 0. The van der Waals surface area contributed by atoms with Crippen LogP contribution in [0.1, 0.15) is 19.4 Å². The van der Waals surface area contributed by atoms with Crippen LogP contribution in [0, 0.1) is 0 Å². The average molecular weight is 248 g/mol. The van der Waals surface area contributed by atoms with Gasteiger partial charge in [0.25, 0.3) is 0 Å². The number of nitrogens with one attached hydrogen (secondary N) is 1. The fourth-order valence-corrected chi connectivity index (χ4v) is 2.37. The molecule has 2 aromatic carbocycles. The molecule has 0 fully saturated rings. The third-order valence-corrected chi connectivity index (χ3v) is 3.37. The minimum Gasteiger partial charge on any atom is -0.303 e. The van der Waals surface area contributed by atoms with E-state index in [1.54, 1.807) is 0 Å². The summed E-state index contributed by atoms with van der Waals surface area (Å²) in [6, 6.07) is 15.5. The van der Waals surface area contributed by atoms with Crippen LogP contribution >= 0.6 is 11.6 Å². The van der Waals surface area contributed by atoms with Crippen molar-refractivity contribution >= 4 is 22.4 Å². The molecule has 0 amide bonds. The third-order valence-electron chi connectivity index (χ3n) is 3.18. The minimum atomic E-state index is 0.0791. The fraction of sp³-hybridized carbons (Fsp3) is 0.333. The van der Waals surface area contributed by atoms with E-state index in [1.165, 1.54) is 16.3 Å². The zero-order valence-corrected chi connectivity index (χ0v) is 11.1. The fourth-order valence-electron chi connectivity index (χ4n) is 2.27. The molecule has 0 bridgehead atoms. The summed E-state index contributed by atoms with van der Waals surface area (Å²) in [5.41, 5.74) is 1.45. The molecule has 2 aromatic rings. The molecule has 0 heterocycles. The zero-order valence-electron chi connectivity index (χ0n) is 10.3. The highest BCUT2D eigenvalue weighted by Gasteiger charge is 2.21. The van der Waals surface area contributed by atoms with Crippen molar-refractivity contribution < 1.29 is 0 Å². The second kappa shape index (κ2) is 5.07. The second-order valence-electron chi connectivity index (χ2n) is 4.97. The molecule has 0 saturated heterocycles. The topological polar surface area (TPSA) is 12.0 Å². The molecule has 0 spiro atoms. The smallest absolute Gasteiger partial charge is 0.0713 e. The maximum atomic E-state index is 5.70. The van der Waals surface area contributed by atoms with Gasteiger partial charge in [-0.25, -0.2) is 0 Å². The van der Waals surface area contributed by atoms with Crippen molar-refractivity contribution in [3.05, 3.63) is 48.0 Å². The molecule has 0 aliphatic heterocycles. The molecular formula is C15H18ClN. The minimum absolute atomic E-state index is 0.0791. The van der Waals surface area contributed by atoms with Gasteiger partial charge in [0.05, 0.1) is 6.00 Å². The summed E-state index contributed by atoms with van der Waals surface area (Å²) >= 11 is 5.70. The van der Waals surface area contributed by atoms with Crippen LogP contribution in [0.15, 0.2) is 42.5 Å². The predicted octanol–water partition coefficient (Wildman–Crippen LogP) is 3.90. The average Bonchev–Trinajstić information content (AvgIpc) is 2.36. The molecule has 0 saturated carbocycles. The van der Waals surface area contributed by atoms with E-state index in [1.807, 2.05) is 0 Å². The summed E-state index contributed by atoms with van der Waals surface area (Å²) in [7, 11) is 0. The molecule has 0 atom stereocenters. The van der Waals surface area contributed by atoms with Gasteiger partial charge in [0.15, 0.2) is 0 Å². The number of halogens is 1. The Morgan fingerprint density at radius 3 is 2.53 bits per heavy atom. The molecule has 0 aromatic heterocycles. The van der Waals surface area contributed by atoms with Gasteiger partial charge in [-0.3, -0.25) is 0 Å². The van der Waals surface area contributed by atoms with E-state index < -0.39 is 0 Å². The lowest BCUT2D eigenvalue weighted by Crippen LogP contribution is -2.32. The lowest BCUT2D eigenvalue weighted by Gasteiger charge is -2.27. The third kappa shape index (κ3) is 2.62. The number of rotatable bonds is 4. The highest BCUT2D eigenvalue weighted by molar-refractivity contribution is 6.17. The summed E-state index contributed by atoms with van der Waals surface area (Å²) in [5, 5.41) is 5.84. The van der Waals surface area contributed by atoms with Crippen molar-refractivity contribution in [1.29, 1.82) is 0 Å². The highest BCUT2D eigenvalue weighted by Crippen LogP contribution is 2.29. The van der Waals surface area contributed by atoms with Crippen LogP contribution in [0.2, 0.25) is 0 Å². The van der Waals surface area contributed by atoms with Gasteiger partial charge in [-0.05, 0) is 16.3 Å². The van der Waals surface area contributed by atoms with E-state index >= 15 is 0 Å². The van der Waals surface area contributed by atoms with Crippen LogP contribution in [-0.2, 0) is 5.41 Å². The summed E-state index contributed by atoms with van der Waals surface area (Å²) in [6.07, 6.45) is 0. The van der Waals surface area contributed by atoms with E-state index in [0.29, 0.717) is 6.00 Å². The largest absolute Gasteiger partial charge is 0.303 e. The normalized spacial score (nSPS) is 11.9. The van der Waals surface area contributed by atoms with E-state index in [-0.39, 0.29) is 5.41 Å². The van der Waals surface area contributed by atoms with Crippen LogP contribution in [0.5, 0.6) is 0 Å². The standard InChI is InChI=1S/C15H18ClN/c1-15(2,10-17-11-16)14-9-5-7-12-6-3-4-8-13(12)14/h3-9,17H,10-11H2,1-2H3. The Balaban J connectivity index is 2.47. The van der Waals surface area contributed by atoms with E-state index in [4.69, 9.17) is 11.6 Å². The Morgan fingerprint density at radius 1 is 1.06 bits per heavy atom. The zero-order chi connectivity index (χ0) is 12.3. The quantitative estimate of drug-likeness (QED) is 0.638. The van der Waals surface area contributed by atoms with Crippen molar-refractivity contribution in [2.24, 2.45) is 0 Å². The maximum absolute atomic E-state index is 5.70. The van der Waals surface area contributed by atoms with Crippen molar-refractivity contribution in [2.75, 3.05) is 12.5 Å². The SMILES string of the molecule is CC(C)(CNCCl)c1cccc2ccccc12. The molecule has 1 nitrogen and oxygen atoms in total. The van der Waals surface area contributed by atoms with Gasteiger partial charge in [-0.1, -0.05) is 56.3 Å². The Morgan fingerprint density at radius 2 is 1.76 bits per heavy atom. The summed E-state index contributed by atoms with van der Waals surface area (Å²) in [6.45, 7) is 5.37. The van der Waals surface area contributed by atoms with Crippen LogP contribution < -0.4 is 5.32 Å². The Kier molecular flexibility index (Phi) is 3.70. The first-order valence-electron chi connectivity index (χ1n) is 5.90. The van der Waals surface area contributed by atoms with Crippen molar-refractivity contribution in [3.8, 4) is 0 Å². The number of hydrogen-bond donors (Lipinski definition) is 1. The molecule has 2 rings (SSSR count). The highest BCUT2D eigenvalue weighted by atomic mass is 35.5. The lowest BCUT2D eigenvalue weighted by atomic mass is 9.82. The van der Waals surface area contributed by atoms with Crippen LogP contribution in [0.25, 0.3) is 10.8 Å². The van der Waals surface area contributed by atoms with Gasteiger partial charge in [0.1, 0.15) is 0 Å². The van der Waals surface area contributed by atoms with Gasteiger partial charge in [0, 0.05) is 12.0 Å². The first kappa shape index (κ1) is 12.4. The Labute approximate surface area is 108 Å². The number of benzene rings is 2. The van der Waals surface area contributed by atoms with Crippen molar-refractivity contribution in [1.82, 2.24) is 5.32 Å².